The summed E-state index contributed by atoms with van der Waals surface area (Å²) < 4.78 is 13.2. The van der Waals surface area contributed by atoms with Crippen molar-refractivity contribution in [3.8, 4) is 0 Å². The zero-order valence-corrected chi connectivity index (χ0v) is 21.0. The van der Waals surface area contributed by atoms with Gasteiger partial charge in [-0.15, -0.1) is 0 Å². The van der Waals surface area contributed by atoms with E-state index in [1.807, 2.05) is 41.2 Å². The quantitative estimate of drug-likeness (QED) is 0.336. The van der Waals surface area contributed by atoms with Gasteiger partial charge in [0, 0.05) is 12.1 Å². The lowest BCUT2D eigenvalue weighted by Crippen LogP contribution is -2.44. The molecule has 1 aliphatic heterocycles. The molecule has 0 fully saturated rings. The van der Waals surface area contributed by atoms with E-state index in [2.05, 4.69) is 49.8 Å². The second-order valence-corrected chi connectivity index (χ2v) is 14.4. The third-order valence-corrected chi connectivity index (χ3v) is 10.9. The van der Waals surface area contributed by atoms with Gasteiger partial charge in [0.2, 0.25) is 0 Å². The average Bonchev–Trinajstić information content (AvgIpc) is 3.17. The highest BCUT2D eigenvalue weighted by atomic mass is 28.4. The van der Waals surface area contributed by atoms with Crippen LogP contribution >= 0.6 is 0 Å². The standard InChI is InChI=1S/C23H36N4O4Si/c1-23(2,3)32(5,6)31-13-12-27-21-18(14-25-27)19(15-24-20(21)22(28)29-4)26-30-16-17-10-8-7-9-11-17/h7-11,14,19-20,24,26H,12-13,15-16H2,1-6H3. The molecule has 32 heavy (non-hydrogen) atoms. The van der Waals surface area contributed by atoms with Gasteiger partial charge in [-0.1, -0.05) is 51.1 Å². The number of esters is 1. The van der Waals surface area contributed by atoms with E-state index in [1.165, 1.54) is 7.11 Å². The third kappa shape index (κ3) is 5.65. The number of carbonyl (C=O) groups excluding carboxylic acids is 1. The maximum Gasteiger partial charge on any atom is 0.329 e. The van der Waals surface area contributed by atoms with Crippen molar-refractivity contribution in [1.29, 1.82) is 0 Å². The zero-order valence-electron chi connectivity index (χ0n) is 20.0. The molecule has 2 N–H and O–H groups in total. The zero-order chi connectivity index (χ0) is 23.4. The van der Waals surface area contributed by atoms with E-state index in [4.69, 9.17) is 14.0 Å². The maximum atomic E-state index is 12.4. The van der Waals surface area contributed by atoms with Crippen LogP contribution < -0.4 is 10.8 Å². The van der Waals surface area contributed by atoms with Gasteiger partial charge in [-0.2, -0.15) is 10.6 Å². The summed E-state index contributed by atoms with van der Waals surface area (Å²) in [5.74, 6) is -0.332. The lowest BCUT2D eigenvalue weighted by atomic mass is 9.98. The van der Waals surface area contributed by atoms with E-state index < -0.39 is 14.4 Å². The number of hydrogen-bond donors (Lipinski definition) is 2. The summed E-state index contributed by atoms with van der Waals surface area (Å²) in [7, 11) is -0.463. The summed E-state index contributed by atoms with van der Waals surface area (Å²) in [6, 6.07) is 9.26. The van der Waals surface area contributed by atoms with E-state index in [9.17, 15) is 4.79 Å². The maximum absolute atomic E-state index is 12.4. The summed E-state index contributed by atoms with van der Waals surface area (Å²) in [5, 5.41) is 7.98. The number of hydroxylamine groups is 1. The molecule has 3 rings (SSSR count). The largest absolute Gasteiger partial charge is 0.468 e. The van der Waals surface area contributed by atoms with Gasteiger partial charge >= 0.3 is 5.97 Å². The van der Waals surface area contributed by atoms with Crippen molar-refractivity contribution >= 4 is 14.3 Å². The Balaban J connectivity index is 1.71. The van der Waals surface area contributed by atoms with E-state index in [0.717, 1.165) is 16.8 Å². The Morgan fingerprint density at radius 3 is 2.66 bits per heavy atom. The van der Waals surface area contributed by atoms with Crippen LogP contribution in [0.25, 0.3) is 0 Å². The molecule has 0 radical (unpaired) electrons. The minimum atomic E-state index is -1.86. The molecule has 0 aliphatic carbocycles. The molecule has 1 aromatic heterocycles. The fraction of sp³-hybridized carbons (Fsp3) is 0.565. The number of benzene rings is 1. The van der Waals surface area contributed by atoms with E-state index in [0.29, 0.717) is 26.3 Å². The Hall–Kier alpha value is -2.04. The Kier molecular flexibility index (Phi) is 7.89. The Labute approximate surface area is 191 Å². The van der Waals surface area contributed by atoms with Gasteiger partial charge in [0.15, 0.2) is 8.32 Å². The molecule has 8 nitrogen and oxygen atoms in total. The van der Waals surface area contributed by atoms with Gasteiger partial charge in [-0.3, -0.25) is 14.8 Å². The predicted octanol–water partition coefficient (Wildman–Crippen LogP) is 3.48. The molecule has 2 atom stereocenters. The van der Waals surface area contributed by atoms with Crippen molar-refractivity contribution in [3.05, 3.63) is 53.3 Å². The minimum absolute atomic E-state index is 0.135. The van der Waals surface area contributed by atoms with Gasteiger partial charge in [0.25, 0.3) is 0 Å². The van der Waals surface area contributed by atoms with Crippen LogP contribution in [-0.4, -0.2) is 44.3 Å². The first-order valence-electron chi connectivity index (χ1n) is 11.1. The van der Waals surface area contributed by atoms with Crippen LogP contribution in [-0.2, 0) is 31.9 Å². The fourth-order valence-electron chi connectivity index (χ4n) is 3.44. The number of ether oxygens (including phenoxy) is 1. The van der Waals surface area contributed by atoms with Gasteiger partial charge in [0.05, 0.1) is 44.8 Å². The molecular formula is C23H36N4O4Si. The molecule has 0 spiro atoms. The van der Waals surface area contributed by atoms with Crippen molar-refractivity contribution in [1.82, 2.24) is 20.6 Å². The lowest BCUT2D eigenvalue weighted by molar-refractivity contribution is -0.144. The first-order chi connectivity index (χ1) is 15.1. The van der Waals surface area contributed by atoms with Crippen molar-refractivity contribution in [2.24, 2.45) is 0 Å². The summed E-state index contributed by atoms with van der Waals surface area (Å²) in [6.45, 7) is 13.2. The SMILES string of the molecule is COC(=O)C1NCC(NOCc2ccccc2)c2cnn(CCO[Si](C)(C)C(C)(C)C)c21. The number of carbonyl (C=O) groups is 1. The van der Waals surface area contributed by atoms with Crippen LogP contribution in [0, 0.1) is 0 Å². The number of fused-ring (bicyclic) bond motifs is 1. The summed E-state index contributed by atoms with van der Waals surface area (Å²) >= 11 is 0. The van der Waals surface area contributed by atoms with Crippen LogP contribution in [0.3, 0.4) is 0 Å². The number of rotatable bonds is 9. The van der Waals surface area contributed by atoms with Crippen molar-refractivity contribution in [2.45, 2.75) is 64.1 Å². The number of nitrogens with one attached hydrogen (secondary N) is 2. The predicted molar refractivity (Wildman–Crippen MR) is 125 cm³/mol. The average molecular weight is 461 g/mol. The molecule has 9 heteroatoms. The Morgan fingerprint density at radius 2 is 2.00 bits per heavy atom. The lowest BCUT2D eigenvalue weighted by Gasteiger charge is -2.36. The molecule has 1 aliphatic rings. The van der Waals surface area contributed by atoms with E-state index >= 15 is 0 Å². The topological polar surface area (TPSA) is 86.6 Å². The van der Waals surface area contributed by atoms with E-state index in [-0.39, 0.29) is 17.0 Å². The van der Waals surface area contributed by atoms with Crippen LogP contribution in [0.4, 0.5) is 0 Å². The first-order valence-corrected chi connectivity index (χ1v) is 14.0. The smallest absolute Gasteiger partial charge is 0.329 e. The highest BCUT2D eigenvalue weighted by Gasteiger charge is 2.38. The molecule has 2 unspecified atom stereocenters. The highest BCUT2D eigenvalue weighted by molar-refractivity contribution is 6.74. The molecular weight excluding hydrogens is 424 g/mol. The number of aromatic nitrogens is 2. The van der Waals surface area contributed by atoms with Gasteiger partial charge in [0.1, 0.15) is 6.04 Å². The molecule has 0 amide bonds. The monoisotopic (exact) mass is 460 g/mol. The molecule has 0 saturated heterocycles. The molecule has 0 bridgehead atoms. The molecule has 2 aromatic rings. The summed E-state index contributed by atoms with van der Waals surface area (Å²) in [4.78, 5) is 18.2. The van der Waals surface area contributed by atoms with Crippen molar-refractivity contribution in [3.63, 3.8) is 0 Å². The van der Waals surface area contributed by atoms with E-state index in [1.54, 1.807) is 0 Å². The number of hydrogen-bond acceptors (Lipinski definition) is 7. The van der Waals surface area contributed by atoms with Gasteiger partial charge in [-0.25, -0.2) is 4.79 Å². The Morgan fingerprint density at radius 1 is 1.28 bits per heavy atom. The fourth-order valence-corrected chi connectivity index (χ4v) is 4.47. The van der Waals surface area contributed by atoms with Crippen LogP contribution in [0.15, 0.2) is 36.5 Å². The van der Waals surface area contributed by atoms with Gasteiger partial charge < -0.3 is 9.16 Å². The molecule has 176 valence electrons. The molecule has 0 saturated carbocycles. The second kappa shape index (κ2) is 10.3. The minimum Gasteiger partial charge on any atom is -0.468 e. The first kappa shape index (κ1) is 24.6. The number of methoxy groups -OCH3 is 1. The summed E-state index contributed by atoms with van der Waals surface area (Å²) in [5.41, 5.74) is 5.93. The van der Waals surface area contributed by atoms with Crippen LogP contribution in [0.2, 0.25) is 18.1 Å². The van der Waals surface area contributed by atoms with Crippen molar-refractivity contribution < 1.29 is 18.8 Å². The van der Waals surface area contributed by atoms with Crippen LogP contribution in [0.1, 0.15) is 49.7 Å². The molecule has 1 aromatic carbocycles. The molecule has 2 heterocycles. The third-order valence-electron chi connectivity index (χ3n) is 6.40. The van der Waals surface area contributed by atoms with Crippen LogP contribution in [0.5, 0.6) is 0 Å². The Bertz CT molecular complexity index is 895. The number of nitrogens with zero attached hydrogens (tertiary/aromatic N) is 2. The highest BCUT2D eigenvalue weighted by Crippen LogP contribution is 2.36. The second-order valence-electron chi connectivity index (χ2n) is 9.63. The van der Waals surface area contributed by atoms with Crippen molar-refractivity contribution in [2.75, 3.05) is 20.3 Å². The normalized spacial score (nSPS) is 18.9. The summed E-state index contributed by atoms with van der Waals surface area (Å²) in [6.07, 6.45) is 1.81. The van der Waals surface area contributed by atoms with Gasteiger partial charge in [-0.05, 0) is 23.7 Å².